The fraction of sp³-hybridized carbons (Fsp3) is 0.350. The minimum Gasteiger partial charge on any atom is -0.393 e. The van der Waals surface area contributed by atoms with Crippen LogP contribution in [0.4, 0.5) is 5.69 Å². The Labute approximate surface area is 142 Å². The molecular weight excluding hydrogens is 302 g/mol. The molecule has 2 unspecified atom stereocenters. The Kier molecular flexibility index (Phi) is 4.20. The smallest absolute Gasteiger partial charge is 0.264 e. The van der Waals surface area contributed by atoms with Crippen LogP contribution in [0.1, 0.15) is 35.6 Å². The van der Waals surface area contributed by atoms with Gasteiger partial charge in [0.15, 0.2) is 5.60 Å². The van der Waals surface area contributed by atoms with Gasteiger partial charge in [0.05, 0.1) is 18.3 Å². The van der Waals surface area contributed by atoms with Crippen LogP contribution in [0, 0.1) is 13.8 Å². The predicted octanol–water partition coefficient (Wildman–Crippen LogP) is 2.81. The lowest BCUT2D eigenvalue weighted by Crippen LogP contribution is -2.42. The summed E-state index contributed by atoms with van der Waals surface area (Å²) in [5.74, 6) is -0.365. The van der Waals surface area contributed by atoms with Crippen LogP contribution in [0.2, 0.25) is 0 Å². The Bertz CT molecular complexity index is 770. The highest BCUT2D eigenvalue weighted by Gasteiger charge is 2.50. The molecule has 0 radical (unpaired) electrons. The van der Waals surface area contributed by atoms with Crippen LogP contribution in [0.3, 0.4) is 0 Å². The first-order valence-electron chi connectivity index (χ1n) is 8.21. The Morgan fingerprint density at radius 3 is 2.46 bits per heavy atom. The molecule has 1 amide bonds. The molecule has 2 aromatic carbocycles. The maximum Gasteiger partial charge on any atom is 0.264 e. The fourth-order valence-electron chi connectivity index (χ4n) is 3.62. The van der Waals surface area contributed by atoms with Gasteiger partial charge >= 0.3 is 0 Å². The van der Waals surface area contributed by atoms with Crippen LogP contribution < -0.4 is 4.90 Å². The van der Waals surface area contributed by atoms with Crippen LogP contribution in [0.25, 0.3) is 0 Å². The molecule has 126 valence electrons. The van der Waals surface area contributed by atoms with E-state index < -0.39 is 11.7 Å². The van der Waals surface area contributed by atoms with E-state index in [1.165, 1.54) is 0 Å². The summed E-state index contributed by atoms with van der Waals surface area (Å²) < 4.78 is 0. The van der Waals surface area contributed by atoms with E-state index in [0.29, 0.717) is 12.1 Å². The lowest BCUT2D eigenvalue weighted by atomic mass is 9.88. The SMILES string of the molecule is Cc1cc(C)c2c(c1)C(O)(CC(C)O)C(=O)N2Cc1ccccc1. The number of aryl methyl sites for hydroxylation is 2. The summed E-state index contributed by atoms with van der Waals surface area (Å²) in [7, 11) is 0. The monoisotopic (exact) mass is 325 g/mol. The number of carbonyl (C=O) groups is 1. The van der Waals surface area contributed by atoms with Crippen molar-refractivity contribution < 1.29 is 15.0 Å². The van der Waals surface area contributed by atoms with Gasteiger partial charge < -0.3 is 15.1 Å². The molecule has 3 rings (SSSR count). The van der Waals surface area contributed by atoms with Gasteiger partial charge in [-0.25, -0.2) is 0 Å². The fourth-order valence-corrected chi connectivity index (χ4v) is 3.62. The van der Waals surface area contributed by atoms with Gasteiger partial charge in [-0.3, -0.25) is 4.79 Å². The zero-order valence-corrected chi connectivity index (χ0v) is 14.3. The second-order valence-electron chi connectivity index (χ2n) is 6.77. The van der Waals surface area contributed by atoms with Crippen LogP contribution in [-0.2, 0) is 16.9 Å². The first kappa shape index (κ1) is 16.7. The number of fused-ring (bicyclic) bond motifs is 1. The lowest BCUT2D eigenvalue weighted by molar-refractivity contribution is -0.139. The molecule has 0 aromatic heterocycles. The molecule has 1 aliphatic rings. The van der Waals surface area contributed by atoms with Gasteiger partial charge in [0.2, 0.25) is 0 Å². The summed E-state index contributed by atoms with van der Waals surface area (Å²) in [5, 5.41) is 20.9. The minimum absolute atomic E-state index is 0.00693. The van der Waals surface area contributed by atoms with E-state index >= 15 is 0 Å². The molecule has 0 aliphatic carbocycles. The normalized spacial score (nSPS) is 21.0. The van der Waals surface area contributed by atoms with Gasteiger partial charge in [0, 0.05) is 12.0 Å². The van der Waals surface area contributed by atoms with Gasteiger partial charge in [0.1, 0.15) is 0 Å². The molecule has 24 heavy (non-hydrogen) atoms. The molecule has 0 bridgehead atoms. The van der Waals surface area contributed by atoms with Gasteiger partial charge in [-0.15, -0.1) is 0 Å². The number of benzene rings is 2. The highest BCUT2D eigenvalue weighted by atomic mass is 16.3. The zero-order valence-electron chi connectivity index (χ0n) is 14.3. The van der Waals surface area contributed by atoms with Crippen molar-refractivity contribution >= 4 is 11.6 Å². The number of rotatable bonds is 4. The summed E-state index contributed by atoms with van der Waals surface area (Å²) in [6.07, 6.45) is -0.781. The molecule has 1 aliphatic heterocycles. The Hall–Kier alpha value is -2.17. The number of nitrogens with zero attached hydrogens (tertiary/aromatic N) is 1. The van der Waals surface area contributed by atoms with Crippen molar-refractivity contribution in [1.82, 2.24) is 0 Å². The quantitative estimate of drug-likeness (QED) is 0.909. The minimum atomic E-state index is -1.67. The number of anilines is 1. The highest BCUT2D eigenvalue weighted by Crippen LogP contribution is 2.45. The average Bonchev–Trinajstić information content (AvgIpc) is 2.70. The number of aliphatic hydroxyl groups excluding tert-OH is 1. The maximum absolute atomic E-state index is 13.1. The first-order valence-corrected chi connectivity index (χ1v) is 8.21. The first-order chi connectivity index (χ1) is 11.3. The van der Waals surface area contributed by atoms with E-state index in [2.05, 4.69) is 0 Å². The number of aliphatic hydroxyl groups is 2. The van der Waals surface area contributed by atoms with Gasteiger partial charge in [-0.2, -0.15) is 0 Å². The Morgan fingerprint density at radius 2 is 1.83 bits per heavy atom. The molecule has 2 aromatic rings. The van der Waals surface area contributed by atoms with E-state index in [1.807, 2.05) is 56.3 Å². The van der Waals surface area contributed by atoms with E-state index in [0.717, 1.165) is 22.4 Å². The van der Waals surface area contributed by atoms with Crippen molar-refractivity contribution in [3.8, 4) is 0 Å². The average molecular weight is 325 g/mol. The summed E-state index contributed by atoms with van der Waals surface area (Å²) in [6, 6.07) is 13.6. The predicted molar refractivity (Wildman–Crippen MR) is 93.7 cm³/mol. The molecule has 2 atom stereocenters. The van der Waals surface area contributed by atoms with Crippen molar-refractivity contribution in [2.45, 2.75) is 45.4 Å². The van der Waals surface area contributed by atoms with Gasteiger partial charge in [-0.05, 0) is 31.9 Å². The van der Waals surface area contributed by atoms with Crippen LogP contribution in [-0.4, -0.2) is 22.2 Å². The third kappa shape index (κ3) is 2.72. The molecule has 1 heterocycles. The van der Waals surface area contributed by atoms with Gasteiger partial charge in [-0.1, -0.05) is 48.0 Å². The van der Waals surface area contributed by atoms with Crippen LogP contribution in [0.15, 0.2) is 42.5 Å². The number of hydrogen-bond acceptors (Lipinski definition) is 3. The Balaban J connectivity index is 2.11. The summed E-state index contributed by atoms with van der Waals surface area (Å²) in [6.45, 7) is 5.89. The van der Waals surface area contributed by atoms with E-state index in [-0.39, 0.29) is 12.3 Å². The highest BCUT2D eigenvalue weighted by molar-refractivity contribution is 6.07. The third-order valence-electron chi connectivity index (χ3n) is 4.53. The number of amides is 1. The maximum atomic E-state index is 13.1. The van der Waals surface area contributed by atoms with Crippen molar-refractivity contribution in [2.75, 3.05) is 4.90 Å². The second kappa shape index (κ2) is 6.04. The molecule has 0 fully saturated rings. The molecular formula is C20H23NO3. The molecule has 0 spiro atoms. The van der Waals surface area contributed by atoms with Crippen molar-refractivity contribution in [3.05, 3.63) is 64.7 Å². The summed E-state index contributed by atoms with van der Waals surface area (Å²) in [4.78, 5) is 14.7. The number of hydrogen-bond donors (Lipinski definition) is 2. The third-order valence-corrected chi connectivity index (χ3v) is 4.53. The molecule has 2 N–H and O–H groups in total. The topological polar surface area (TPSA) is 60.8 Å². The van der Waals surface area contributed by atoms with Crippen LogP contribution >= 0.6 is 0 Å². The Morgan fingerprint density at radius 1 is 1.17 bits per heavy atom. The molecule has 4 nitrogen and oxygen atoms in total. The molecule has 4 heteroatoms. The summed E-state index contributed by atoms with van der Waals surface area (Å²) >= 11 is 0. The lowest BCUT2D eigenvalue weighted by Gasteiger charge is -2.24. The molecule has 0 saturated carbocycles. The number of carbonyl (C=O) groups excluding carboxylic acids is 1. The second-order valence-corrected chi connectivity index (χ2v) is 6.77. The largest absolute Gasteiger partial charge is 0.393 e. The van der Waals surface area contributed by atoms with Crippen molar-refractivity contribution in [3.63, 3.8) is 0 Å². The van der Waals surface area contributed by atoms with E-state index in [4.69, 9.17) is 0 Å². The van der Waals surface area contributed by atoms with Crippen molar-refractivity contribution in [1.29, 1.82) is 0 Å². The van der Waals surface area contributed by atoms with E-state index in [1.54, 1.807) is 11.8 Å². The molecule has 0 saturated heterocycles. The van der Waals surface area contributed by atoms with Gasteiger partial charge in [0.25, 0.3) is 5.91 Å². The zero-order chi connectivity index (χ0) is 17.5. The van der Waals surface area contributed by atoms with Crippen molar-refractivity contribution in [2.24, 2.45) is 0 Å². The van der Waals surface area contributed by atoms with E-state index in [9.17, 15) is 15.0 Å². The summed E-state index contributed by atoms with van der Waals surface area (Å²) in [5.41, 5.74) is 2.63. The standard InChI is InChI=1S/C20H23NO3/c1-13-9-14(2)18-17(10-13)20(24,11-15(3)22)19(23)21(18)12-16-7-5-4-6-8-16/h4-10,15,22,24H,11-12H2,1-3H3. The van der Waals surface area contributed by atoms with Crippen LogP contribution in [0.5, 0.6) is 0 Å².